The van der Waals surface area contributed by atoms with Crippen LogP contribution in [0.5, 0.6) is 5.75 Å². The van der Waals surface area contributed by atoms with Gasteiger partial charge in [-0.25, -0.2) is 10.1 Å². The van der Waals surface area contributed by atoms with Crippen molar-refractivity contribution in [1.29, 1.82) is 0 Å². The lowest BCUT2D eigenvalue weighted by atomic mass is 10.2. The monoisotopic (exact) mass is 264 g/mol. The van der Waals surface area contributed by atoms with E-state index in [-0.39, 0.29) is 0 Å². The third kappa shape index (κ3) is 3.24. The number of H-pyrrole nitrogens is 1. The number of hydrogen-bond acceptors (Lipinski definition) is 4. The molecule has 2 N–H and O–H groups in total. The average molecular weight is 265 g/mol. The topological polar surface area (TPSA) is 62.8 Å². The Morgan fingerprint density at radius 1 is 1.50 bits per heavy atom. The smallest absolute Gasteiger partial charge is 0.218 e. The van der Waals surface area contributed by atoms with Crippen molar-refractivity contribution in [3.8, 4) is 5.75 Å². The largest absolute Gasteiger partial charge is 0.489 e. The summed E-state index contributed by atoms with van der Waals surface area (Å²) in [4.78, 5) is 3.98. The van der Waals surface area contributed by atoms with E-state index < -0.39 is 0 Å². The highest BCUT2D eigenvalue weighted by Gasteiger charge is 2.05. The molecule has 5 nitrogen and oxygen atoms in total. The number of nitrogens with one attached hydrogen (secondary N) is 2. The molecule has 2 aromatic rings. The maximum atomic E-state index is 5.97. The Morgan fingerprint density at radius 2 is 2.39 bits per heavy atom. The van der Waals surface area contributed by atoms with Crippen molar-refractivity contribution in [3.05, 3.63) is 47.8 Å². The van der Waals surface area contributed by atoms with Crippen LogP contribution in [0, 0.1) is 0 Å². The number of benzene rings is 1. The Hall–Kier alpha value is -2.01. The minimum absolute atomic E-state index is 0.455. The maximum absolute atomic E-state index is 5.97. The van der Waals surface area contributed by atoms with E-state index in [1.54, 1.807) is 12.1 Å². The van der Waals surface area contributed by atoms with E-state index in [1.807, 2.05) is 12.1 Å². The molecular formula is C12H13ClN4O. The molecule has 0 aliphatic rings. The van der Waals surface area contributed by atoms with Crippen molar-refractivity contribution < 1.29 is 4.74 Å². The summed E-state index contributed by atoms with van der Waals surface area (Å²) in [6.45, 7) is 4.62. The molecule has 0 saturated carbocycles. The summed E-state index contributed by atoms with van der Waals surface area (Å²) >= 11 is 5.97. The van der Waals surface area contributed by atoms with Gasteiger partial charge in [-0.05, 0) is 18.2 Å². The zero-order chi connectivity index (χ0) is 12.8. The molecule has 0 spiro atoms. The summed E-state index contributed by atoms with van der Waals surface area (Å²) in [6.07, 6.45) is 3.14. The van der Waals surface area contributed by atoms with Crippen molar-refractivity contribution in [2.45, 2.75) is 6.54 Å². The molecule has 2 rings (SSSR count). The van der Waals surface area contributed by atoms with Crippen molar-refractivity contribution in [2.24, 2.45) is 0 Å². The molecule has 0 amide bonds. The van der Waals surface area contributed by atoms with E-state index in [0.717, 1.165) is 11.3 Å². The lowest BCUT2D eigenvalue weighted by Crippen LogP contribution is -2.04. The number of nitrogens with zero attached hydrogens (tertiary/aromatic N) is 2. The number of halogens is 1. The second-order valence-electron chi connectivity index (χ2n) is 3.54. The summed E-state index contributed by atoms with van der Waals surface area (Å²) in [7, 11) is 0. The van der Waals surface area contributed by atoms with E-state index in [2.05, 4.69) is 27.1 Å². The van der Waals surface area contributed by atoms with Gasteiger partial charge in [0.2, 0.25) is 5.95 Å². The van der Waals surface area contributed by atoms with E-state index in [0.29, 0.717) is 24.1 Å². The Morgan fingerprint density at radius 3 is 3.11 bits per heavy atom. The first kappa shape index (κ1) is 12.4. The molecule has 1 aromatic carbocycles. The number of hydrogen-bond donors (Lipinski definition) is 2. The second-order valence-corrected chi connectivity index (χ2v) is 3.98. The minimum Gasteiger partial charge on any atom is -0.489 e. The zero-order valence-corrected chi connectivity index (χ0v) is 10.4. The Labute approximate surface area is 110 Å². The fourth-order valence-corrected chi connectivity index (χ4v) is 1.64. The number of ether oxygens (including phenoxy) is 1. The Balaban J connectivity index is 2.08. The van der Waals surface area contributed by atoms with Crippen LogP contribution in [0.1, 0.15) is 5.56 Å². The van der Waals surface area contributed by atoms with Crippen molar-refractivity contribution >= 4 is 17.5 Å². The van der Waals surface area contributed by atoms with E-state index in [4.69, 9.17) is 16.3 Å². The van der Waals surface area contributed by atoms with Crippen LogP contribution < -0.4 is 10.1 Å². The van der Waals surface area contributed by atoms with Crippen LogP contribution in [0.4, 0.5) is 5.95 Å². The molecule has 94 valence electrons. The van der Waals surface area contributed by atoms with Gasteiger partial charge in [0.05, 0.1) is 0 Å². The molecule has 0 fully saturated rings. The molecule has 0 unspecified atom stereocenters. The van der Waals surface area contributed by atoms with Crippen LogP contribution in [0.3, 0.4) is 0 Å². The van der Waals surface area contributed by atoms with Gasteiger partial charge in [-0.15, -0.1) is 0 Å². The molecule has 0 aliphatic carbocycles. The summed E-state index contributed by atoms with van der Waals surface area (Å²) in [5, 5.41) is 10.2. The Kier molecular flexibility index (Phi) is 4.20. The molecule has 0 atom stereocenters. The standard InChI is InChI=1S/C12H13ClN4O/c1-2-5-18-11-4-3-10(13)6-9(11)7-14-12-15-8-16-17-12/h2-4,6,8H,1,5,7H2,(H2,14,15,16,17). The summed E-state index contributed by atoms with van der Waals surface area (Å²) in [5.41, 5.74) is 0.945. The summed E-state index contributed by atoms with van der Waals surface area (Å²) in [5.74, 6) is 1.37. The summed E-state index contributed by atoms with van der Waals surface area (Å²) < 4.78 is 5.55. The molecular weight excluding hydrogens is 252 g/mol. The predicted octanol–water partition coefficient (Wildman–Crippen LogP) is 2.63. The van der Waals surface area contributed by atoms with Crippen LogP contribution in [0.15, 0.2) is 37.2 Å². The first-order chi connectivity index (χ1) is 8.79. The predicted molar refractivity (Wildman–Crippen MR) is 70.9 cm³/mol. The van der Waals surface area contributed by atoms with Gasteiger partial charge in [0, 0.05) is 17.1 Å². The first-order valence-electron chi connectivity index (χ1n) is 5.41. The number of rotatable bonds is 6. The fraction of sp³-hybridized carbons (Fsp3) is 0.167. The van der Waals surface area contributed by atoms with Gasteiger partial charge in [0.1, 0.15) is 18.7 Å². The average Bonchev–Trinajstić information content (AvgIpc) is 2.88. The third-order valence-corrected chi connectivity index (χ3v) is 2.48. The highest BCUT2D eigenvalue weighted by molar-refractivity contribution is 6.30. The summed E-state index contributed by atoms with van der Waals surface area (Å²) in [6, 6.07) is 5.48. The maximum Gasteiger partial charge on any atom is 0.218 e. The molecule has 18 heavy (non-hydrogen) atoms. The normalized spacial score (nSPS) is 10.1. The molecule has 6 heteroatoms. The highest BCUT2D eigenvalue weighted by Crippen LogP contribution is 2.23. The Bertz CT molecular complexity index is 513. The lowest BCUT2D eigenvalue weighted by Gasteiger charge is -2.11. The second kappa shape index (κ2) is 6.07. The molecule has 1 heterocycles. The van der Waals surface area contributed by atoms with E-state index >= 15 is 0 Å². The van der Waals surface area contributed by atoms with Crippen LogP contribution in [0.2, 0.25) is 5.02 Å². The quantitative estimate of drug-likeness (QED) is 0.788. The molecule has 0 radical (unpaired) electrons. The molecule has 0 bridgehead atoms. The molecule has 0 saturated heterocycles. The van der Waals surface area contributed by atoms with Crippen LogP contribution in [0.25, 0.3) is 0 Å². The van der Waals surface area contributed by atoms with E-state index in [1.165, 1.54) is 6.33 Å². The highest BCUT2D eigenvalue weighted by atomic mass is 35.5. The van der Waals surface area contributed by atoms with Gasteiger partial charge in [-0.3, -0.25) is 0 Å². The fourth-order valence-electron chi connectivity index (χ4n) is 1.45. The van der Waals surface area contributed by atoms with Crippen molar-refractivity contribution in [1.82, 2.24) is 15.2 Å². The molecule has 0 aliphatic heterocycles. The number of aromatic amines is 1. The molecule has 1 aromatic heterocycles. The zero-order valence-electron chi connectivity index (χ0n) is 9.69. The van der Waals surface area contributed by atoms with Crippen LogP contribution in [-0.4, -0.2) is 21.8 Å². The van der Waals surface area contributed by atoms with Gasteiger partial charge in [-0.2, -0.15) is 5.10 Å². The van der Waals surface area contributed by atoms with E-state index in [9.17, 15) is 0 Å². The minimum atomic E-state index is 0.455. The number of anilines is 1. The third-order valence-electron chi connectivity index (χ3n) is 2.24. The van der Waals surface area contributed by atoms with Gasteiger partial charge in [0.25, 0.3) is 0 Å². The van der Waals surface area contributed by atoms with Crippen LogP contribution in [-0.2, 0) is 6.54 Å². The van der Waals surface area contributed by atoms with Crippen LogP contribution >= 0.6 is 11.6 Å². The van der Waals surface area contributed by atoms with Gasteiger partial charge in [-0.1, -0.05) is 24.3 Å². The SMILES string of the molecule is C=CCOc1ccc(Cl)cc1CNc1ncn[nH]1. The van der Waals surface area contributed by atoms with Gasteiger partial charge >= 0.3 is 0 Å². The number of aromatic nitrogens is 3. The first-order valence-corrected chi connectivity index (χ1v) is 5.78. The van der Waals surface area contributed by atoms with Crippen molar-refractivity contribution in [2.75, 3.05) is 11.9 Å². The van der Waals surface area contributed by atoms with Gasteiger partial charge < -0.3 is 10.1 Å². The van der Waals surface area contributed by atoms with Crippen molar-refractivity contribution in [3.63, 3.8) is 0 Å². The lowest BCUT2D eigenvalue weighted by molar-refractivity contribution is 0.359. The van der Waals surface area contributed by atoms with Gasteiger partial charge in [0.15, 0.2) is 0 Å².